The number of carbonyl (C=O) groups excluding carboxylic acids is 1. The van der Waals surface area contributed by atoms with Gasteiger partial charge in [0.2, 0.25) is 0 Å². The molecule has 0 spiro atoms. The molecule has 0 saturated carbocycles. The van der Waals surface area contributed by atoms with Crippen molar-refractivity contribution in [3.8, 4) is 5.75 Å². The van der Waals surface area contributed by atoms with Crippen molar-refractivity contribution in [2.75, 3.05) is 20.2 Å². The largest absolute Gasteiger partial charge is 0.497 e. The van der Waals surface area contributed by atoms with Gasteiger partial charge in [-0.05, 0) is 62.1 Å². The fourth-order valence-corrected chi connectivity index (χ4v) is 3.70. The van der Waals surface area contributed by atoms with Crippen LogP contribution in [-0.2, 0) is 13.0 Å². The molecule has 0 aliphatic heterocycles. The molecule has 0 N–H and O–H groups in total. The maximum atomic E-state index is 12.8. The van der Waals surface area contributed by atoms with Gasteiger partial charge in [-0.2, -0.15) is 0 Å². The molecule has 30 heavy (non-hydrogen) atoms. The topological polar surface area (TPSA) is 47.4 Å². The predicted molar refractivity (Wildman–Crippen MR) is 122 cm³/mol. The number of nitrogens with zero attached hydrogens (tertiary/aromatic N) is 3. The Labute approximate surface area is 179 Å². The molecule has 3 aromatic rings. The first kappa shape index (κ1) is 21.9. The molecule has 0 radical (unpaired) electrons. The normalized spacial score (nSPS) is 11.3. The van der Waals surface area contributed by atoms with Crippen molar-refractivity contribution in [2.45, 2.75) is 47.1 Å². The van der Waals surface area contributed by atoms with E-state index >= 15 is 0 Å². The summed E-state index contributed by atoms with van der Waals surface area (Å²) >= 11 is 0. The van der Waals surface area contributed by atoms with E-state index in [1.165, 1.54) is 5.56 Å². The lowest BCUT2D eigenvalue weighted by atomic mass is 10.1. The monoisotopic (exact) mass is 407 g/mol. The Kier molecular flexibility index (Phi) is 7.14. The van der Waals surface area contributed by atoms with Crippen LogP contribution in [0.3, 0.4) is 0 Å². The van der Waals surface area contributed by atoms with E-state index in [0.29, 0.717) is 24.6 Å². The minimum atomic E-state index is 0.0651. The summed E-state index contributed by atoms with van der Waals surface area (Å²) < 4.78 is 7.58. The van der Waals surface area contributed by atoms with Crippen molar-refractivity contribution >= 4 is 16.9 Å². The summed E-state index contributed by atoms with van der Waals surface area (Å²) in [6.45, 7) is 10.8. The highest BCUT2D eigenvalue weighted by Gasteiger charge is 2.17. The van der Waals surface area contributed by atoms with Crippen LogP contribution in [0.5, 0.6) is 5.75 Å². The van der Waals surface area contributed by atoms with Crippen LogP contribution in [0.25, 0.3) is 11.0 Å². The van der Waals surface area contributed by atoms with Gasteiger partial charge in [-0.1, -0.05) is 26.0 Å². The van der Waals surface area contributed by atoms with Crippen LogP contribution in [0.15, 0.2) is 42.5 Å². The number of amides is 1. The molecular formula is C25H33N3O2. The van der Waals surface area contributed by atoms with Crippen molar-refractivity contribution < 1.29 is 9.53 Å². The number of ether oxygens (including phenoxy) is 1. The maximum Gasteiger partial charge on any atom is 0.253 e. The second-order valence-corrected chi connectivity index (χ2v) is 8.07. The summed E-state index contributed by atoms with van der Waals surface area (Å²) in [5.41, 5.74) is 3.88. The molecule has 5 nitrogen and oxygen atoms in total. The number of fused-ring (bicyclic) bond motifs is 1. The van der Waals surface area contributed by atoms with E-state index in [4.69, 9.17) is 9.72 Å². The van der Waals surface area contributed by atoms with Crippen molar-refractivity contribution in [3.63, 3.8) is 0 Å². The number of aromatic nitrogens is 2. The molecule has 1 aromatic heterocycles. The second-order valence-electron chi connectivity index (χ2n) is 8.07. The third-order valence-electron chi connectivity index (χ3n) is 5.58. The molecule has 0 atom stereocenters. The Morgan fingerprint density at radius 2 is 1.80 bits per heavy atom. The van der Waals surface area contributed by atoms with Crippen LogP contribution in [0, 0.1) is 5.92 Å². The molecule has 1 amide bonds. The van der Waals surface area contributed by atoms with Crippen LogP contribution in [0.1, 0.15) is 55.9 Å². The number of hydrogen-bond acceptors (Lipinski definition) is 3. The van der Waals surface area contributed by atoms with Gasteiger partial charge in [-0.25, -0.2) is 4.98 Å². The van der Waals surface area contributed by atoms with Crippen LogP contribution in [-0.4, -0.2) is 40.6 Å². The Bertz CT molecular complexity index is 986. The summed E-state index contributed by atoms with van der Waals surface area (Å²) in [6, 6.07) is 14.1. The lowest BCUT2D eigenvalue weighted by Gasteiger charge is -2.18. The van der Waals surface area contributed by atoms with Crippen molar-refractivity contribution in [2.24, 2.45) is 5.92 Å². The van der Waals surface area contributed by atoms with Gasteiger partial charge in [0.1, 0.15) is 11.6 Å². The van der Waals surface area contributed by atoms with Gasteiger partial charge < -0.3 is 14.2 Å². The number of rotatable bonds is 9. The standard InChI is InChI=1S/C25H33N3O2/c1-6-27(7-2)25(29)20-10-13-23-22(17-20)26-24(28(23)15-14-18(3)4)16-19-8-11-21(30-5)12-9-19/h8-13,17-18H,6-7,14-16H2,1-5H3. The summed E-state index contributed by atoms with van der Waals surface area (Å²) in [5, 5.41) is 0. The first-order valence-electron chi connectivity index (χ1n) is 10.9. The van der Waals surface area contributed by atoms with Gasteiger partial charge >= 0.3 is 0 Å². The highest BCUT2D eigenvalue weighted by Crippen LogP contribution is 2.23. The minimum absolute atomic E-state index is 0.0651. The Morgan fingerprint density at radius 3 is 2.40 bits per heavy atom. The number of imidazole rings is 1. The third kappa shape index (κ3) is 4.84. The van der Waals surface area contributed by atoms with Crippen LogP contribution in [0.4, 0.5) is 0 Å². The zero-order chi connectivity index (χ0) is 21.7. The van der Waals surface area contributed by atoms with E-state index in [9.17, 15) is 4.79 Å². The van der Waals surface area contributed by atoms with E-state index < -0.39 is 0 Å². The summed E-state index contributed by atoms with van der Waals surface area (Å²) in [4.78, 5) is 19.6. The number of hydrogen-bond donors (Lipinski definition) is 0. The molecule has 0 aliphatic carbocycles. The average Bonchev–Trinajstić information content (AvgIpc) is 3.09. The molecule has 0 saturated heterocycles. The highest BCUT2D eigenvalue weighted by atomic mass is 16.5. The van der Waals surface area contributed by atoms with Gasteiger partial charge in [-0.3, -0.25) is 4.79 Å². The molecule has 3 rings (SSSR count). The zero-order valence-electron chi connectivity index (χ0n) is 18.8. The number of aryl methyl sites for hydroxylation is 1. The van der Waals surface area contributed by atoms with Gasteiger partial charge in [0.25, 0.3) is 5.91 Å². The maximum absolute atomic E-state index is 12.8. The van der Waals surface area contributed by atoms with Gasteiger partial charge in [-0.15, -0.1) is 0 Å². The molecule has 5 heteroatoms. The first-order valence-corrected chi connectivity index (χ1v) is 10.9. The van der Waals surface area contributed by atoms with E-state index in [1.54, 1.807) is 7.11 Å². The van der Waals surface area contributed by atoms with E-state index in [1.807, 2.05) is 43.0 Å². The molecule has 1 heterocycles. The lowest BCUT2D eigenvalue weighted by Crippen LogP contribution is -2.30. The highest BCUT2D eigenvalue weighted by molar-refractivity contribution is 5.97. The van der Waals surface area contributed by atoms with Crippen molar-refractivity contribution in [1.29, 1.82) is 0 Å². The first-order chi connectivity index (χ1) is 14.5. The minimum Gasteiger partial charge on any atom is -0.497 e. The third-order valence-corrected chi connectivity index (χ3v) is 5.58. The zero-order valence-corrected chi connectivity index (χ0v) is 18.8. The quantitative estimate of drug-likeness (QED) is 0.492. The van der Waals surface area contributed by atoms with Crippen molar-refractivity contribution in [1.82, 2.24) is 14.5 Å². The van der Waals surface area contributed by atoms with E-state index in [0.717, 1.165) is 42.0 Å². The van der Waals surface area contributed by atoms with Gasteiger partial charge in [0.05, 0.1) is 18.1 Å². The summed E-state index contributed by atoms with van der Waals surface area (Å²) in [7, 11) is 1.68. The summed E-state index contributed by atoms with van der Waals surface area (Å²) in [5.74, 6) is 2.56. The Hall–Kier alpha value is -2.82. The van der Waals surface area contributed by atoms with E-state index in [2.05, 4.69) is 36.6 Å². The molecule has 160 valence electrons. The number of carbonyl (C=O) groups is 1. The predicted octanol–water partition coefficient (Wildman–Crippen LogP) is 5.16. The second kappa shape index (κ2) is 9.79. The fourth-order valence-electron chi connectivity index (χ4n) is 3.70. The molecule has 0 fully saturated rings. The SMILES string of the molecule is CCN(CC)C(=O)c1ccc2c(c1)nc(Cc1ccc(OC)cc1)n2CCC(C)C. The van der Waals surface area contributed by atoms with Crippen molar-refractivity contribution in [3.05, 3.63) is 59.4 Å². The number of methoxy groups -OCH3 is 1. The van der Waals surface area contributed by atoms with Crippen LogP contribution in [0.2, 0.25) is 0 Å². The van der Waals surface area contributed by atoms with Crippen LogP contribution >= 0.6 is 0 Å². The Balaban J connectivity index is 1.98. The fraction of sp³-hybridized carbons (Fsp3) is 0.440. The number of benzene rings is 2. The molecule has 0 bridgehead atoms. The van der Waals surface area contributed by atoms with Gasteiger partial charge in [0.15, 0.2) is 0 Å². The lowest BCUT2D eigenvalue weighted by molar-refractivity contribution is 0.0773. The molecule has 0 aliphatic rings. The smallest absolute Gasteiger partial charge is 0.253 e. The molecule has 0 unspecified atom stereocenters. The Morgan fingerprint density at radius 1 is 1.10 bits per heavy atom. The van der Waals surface area contributed by atoms with Crippen LogP contribution < -0.4 is 4.74 Å². The summed E-state index contributed by atoms with van der Waals surface area (Å²) in [6.07, 6.45) is 1.83. The van der Waals surface area contributed by atoms with E-state index in [-0.39, 0.29) is 5.91 Å². The van der Waals surface area contributed by atoms with Gasteiger partial charge in [0, 0.05) is 31.6 Å². The average molecular weight is 408 g/mol. The molecular weight excluding hydrogens is 374 g/mol. The molecule has 2 aromatic carbocycles.